The van der Waals surface area contributed by atoms with Crippen molar-refractivity contribution in [1.82, 2.24) is 0 Å². The van der Waals surface area contributed by atoms with Gasteiger partial charge < -0.3 is 18.9 Å². The smallest absolute Gasteiger partial charge is 0.305 e. The molecule has 0 bridgehead atoms. The van der Waals surface area contributed by atoms with E-state index in [0.717, 1.165) is 32.7 Å². The van der Waals surface area contributed by atoms with Crippen LogP contribution in [0.5, 0.6) is 0 Å². The summed E-state index contributed by atoms with van der Waals surface area (Å²) in [6.45, 7) is 5.13. The first-order chi connectivity index (χ1) is 14.3. The van der Waals surface area contributed by atoms with E-state index in [0.29, 0.717) is 25.2 Å². The third-order valence-corrected chi connectivity index (χ3v) is 5.79. The van der Waals surface area contributed by atoms with Gasteiger partial charge in [0.15, 0.2) is 0 Å². The molecule has 0 radical (unpaired) electrons. The van der Waals surface area contributed by atoms with Crippen molar-refractivity contribution < 1.29 is 23.7 Å². The standard InChI is InChI=1S/C24H44O5/c1-2-3-4-11-14-21(26-17-22-18-27-22)15-12-9-7-5-6-8-10-13-16-24(25)29-20-23-19-28-23/h21-23H,2-20H2,1H3. The van der Waals surface area contributed by atoms with Gasteiger partial charge in [0.1, 0.15) is 18.8 Å². The van der Waals surface area contributed by atoms with Crippen LogP contribution >= 0.6 is 0 Å². The maximum atomic E-state index is 11.5. The van der Waals surface area contributed by atoms with E-state index in [1.165, 1.54) is 77.0 Å². The highest BCUT2D eigenvalue weighted by molar-refractivity contribution is 5.69. The molecule has 2 aliphatic rings. The molecule has 3 unspecified atom stereocenters. The number of ether oxygens (including phenoxy) is 4. The molecular formula is C24H44O5. The number of hydrogen-bond acceptors (Lipinski definition) is 5. The molecule has 0 saturated carbocycles. The molecule has 3 atom stereocenters. The van der Waals surface area contributed by atoms with E-state index in [9.17, 15) is 4.79 Å². The Hall–Kier alpha value is -0.650. The minimum Gasteiger partial charge on any atom is -0.463 e. The molecule has 2 fully saturated rings. The van der Waals surface area contributed by atoms with E-state index in [1.807, 2.05) is 0 Å². The summed E-state index contributed by atoms with van der Waals surface area (Å²) in [7, 11) is 0. The number of rotatable bonds is 21. The van der Waals surface area contributed by atoms with Crippen LogP contribution in [-0.2, 0) is 23.7 Å². The lowest BCUT2D eigenvalue weighted by atomic mass is 10.0. The van der Waals surface area contributed by atoms with Gasteiger partial charge in [-0.3, -0.25) is 4.79 Å². The van der Waals surface area contributed by atoms with Crippen LogP contribution in [0.1, 0.15) is 103 Å². The molecule has 0 aromatic carbocycles. The molecule has 2 heterocycles. The number of esters is 1. The lowest BCUT2D eigenvalue weighted by Crippen LogP contribution is -2.16. The number of carbonyl (C=O) groups is 1. The summed E-state index contributed by atoms with van der Waals surface area (Å²) in [4.78, 5) is 11.5. The van der Waals surface area contributed by atoms with E-state index in [2.05, 4.69) is 6.92 Å². The minimum atomic E-state index is -0.0692. The Morgan fingerprint density at radius 3 is 1.90 bits per heavy atom. The van der Waals surface area contributed by atoms with Crippen LogP contribution in [-0.4, -0.2) is 50.7 Å². The molecular weight excluding hydrogens is 368 g/mol. The van der Waals surface area contributed by atoms with Crippen molar-refractivity contribution in [2.24, 2.45) is 0 Å². The highest BCUT2D eigenvalue weighted by atomic mass is 16.6. The van der Waals surface area contributed by atoms with E-state index < -0.39 is 0 Å². The summed E-state index contributed by atoms with van der Waals surface area (Å²) < 4.78 is 21.6. The second-order valence-corrected chi connectivity index (χ2v) is 8.77. The molecule has 0 aliphatic carbocycles. The predicted molar refractivity (Wildman–Crippen MR) is 115 cm³/mol. The zero-order valence-corrected chi connectivity index (χ0v) is 18.7. The first-order valence-electron chi connectivity index (χ1n) is 12.3. The van der Waals surface area contributed by atoms with Crippen LogP contribution < -0.4 is 0 Å². The molecule has 5 nitrogen and oxygen atoms in total. The number of epoxide rings is 2. The fourth-order valence-corrected chi connectivity index (χ4v) is 3.64. The Morgan fingerprint density at radius 2 is 1.31 bits per heavy atom. The zero-order chi connectivity index (χ0) is 20.6. The Balaban J connectivity index is 1.35. The summed E-state index contributed by atoms with van der Waals surface area (Å²) in [5.41, 5.74) is 0. The molecule has 0 aromatic heterocycles. The molecule has 2 saturated heterocycles. The van der Waals surface area contributed by atoms with Gasteiger partial charge in [-0.25, -0.2) is 0 Å². The lowest BCUT2D eigenvalue weighted by molar-refractivity contribution is -0.144. The third-order valence-electron chi connectivity index (χ3n) is 5.79. The summed E-state index contributed by atoms with van der Waals surface area (Å²) >= 11 is 0. The van der Waals surface area contributed by atoms with Crippen LogP contribution in [0.4, 0.5) is 0 Å². The van der Waals surface area contributed by atoms with Crippen molar-refractivity contribution in [3.63, 3.8) is 0 Å². The highest BCUT2D eigenvalue weighted by Gasteiger charge is 2.24. The minimum absolute atomic E-state index is 0.0692. The van der Waals surface area contributed by atoms with Crippen LogP contribution in [0.2, 0.25) is 0 Å². The van der Waals surface area contributed by atoms with Gasteiger partial charge in [0.05, 0.1) is 25.9 Å². The topological polar surface area (TPSA) is 60.6 Å². The van der Waals surface area contributed by atoms with Gasteiger partial charge in [-0.2, -0.15) is 0 Å². The number of hydrogen-bond donors (Lipinski definition) is 0. The molecule has 0 aromatic rings. The Labute approximate surface area is 178 Å². The van der Waals surface area contributed by atoms with Crippen molar-refractivity contribution in [2.75, 3.05) is 26.4 Å². The van der Waals surface area contributed by atoms with Crippen molar-refractivity contribution in [1.29, 1.82) is 0 Å². The van der Waals surface area contributed by atoms with Crippen LogP contribution in [0.3, 0.4) is 0 Å². The van der Waals surface area contributed by atoms with Crippen molar-refractivity contribution in [3.05, 3.63) is 0 Å². The maximum absolute atomic E-state index is 11.5. The summed E-state index contributed by atoms with van der Waals surface area (Å²) in [5, 5.41) is 0. The van der Waals surface area contributed by atoms with Crippen molar-refractivity contribution in [3.8, 4) is 0 Å². The van der Waals surface area contributed by atoms with Gasteiger partial charge in [-0.1, -0.05) is 77.6 Å². The van der Waals surface area contributed by atoms with E-state index >= 15 is 0 Å². The number of unbranched alkanes of at least 4 members (excludes halogenated alkanes) is 10. The second kappa shape index (κ2) is 16.1. The first-order valence-corrected chi connectivity index (χ1v) is 12.3. The Bertz CT molecular complexity index is 406. The lowest BCUT2D eigenvalue weighted by Gasteiger charge is -2.17. The quantitative estimate of drug-likeness (QED) is 0.140. The normalized spacial score (nSPS) is 21.1. The molecule has 5 heteroatoms. The molecule has 0 amide bonds. The monoisotopic (exact) mass is 412 g/mol. The van der Waals surface area contributed by atoms with E-state index in [4.69, 9.17) is 18.9 Å². The highest BCUT2D eigenvalue weighted by Crippen LogP contribution is 2.19. The van der Waals surface area contributed by atoms with Gasteiger partial charge in [0.2, 0.25) is 0 Å². The van der Waals surface area contributed by atoms with Crippen LogP contribution in [0.25, 0.3) is 0 Å². The average Bonchev–Trinajstić information content (AvgIpc) is 3.63. The first kappa shape index (κ1) is 24.6. The van der Waals surface area contributed by atoms with Gasteiger partial charge in [0, 0.05) is 6.42 Å². The fraction of sp³-hybridized carbons (Fsp3) is 0.958. The summed E-state index contributed by atoms with van der Waals surface area (Å²) in [5.74, 6) is -0.0692. The van der Waals surface area contributed by atoms with Gasteiger partial charge >= 0.3 is 5.97 Å². The SMILES string of the molecule is CCCCCCC(CCCCCCCCCCC(=O)OCC1CO1)OCC1CO1. The van der Waals surface area contributed by atoms with E-state index in [1.54, 1.807) is 0 Å². The Kier molecular flexibility index (Phi) is 13.7. The fourth-order valence-electron chi connectivity index (χ4n) is 3.64. The third kappa shape index (κ3) is 14.9. The van der Waals surface area contributed by atoms with Crippen LogP contribution in [0, 0.1) is 0 Å². The van der Waals surface area contributed by atoms with Gasteiger partial charge in [-0.15, -0.1) is 0 Å². The molecule has 2 rings (SSSR count). The number of carbonyl (C=O) groups excluding carboxylic acids is 1. The zero-order valence-electron chi connectivity index (χ0n) is 18.7. The molecule has 0 spiro atoms. The molecule has 170 valence electrons. The van der Waals surface area contributed by atoms with Crippen molar-refractivity contribution in [2.45, 2.75) is 122 Å². The van der Waals surface area contributed by atoms with Crippen molar-refractivity contribution >= 4 is 5.97 Å². The molecule has 2 aliphatic heterocycles. The maximum Gasteiger partial charge on any atom is 0.305 e. The van der Waals surface area contributed by atoms with Crippen LogP contribution in [0.15, 0.2) is 0 Å². The van der Waals surface area contributed by atoms with Gasteiger partial charge in [0.25, 0.3) is 0 Å². The summed E-state index contributed by atoms with van der Waals surface area (Å²) in [6.07, 6.45) is 19.0. The summed E-state index contributed by atoms with van der Waals surface area (Å²) in [6, 6.07) is 0. The van der Waals surface area contributed by atoms with E-state index in [-0.39, 0.29) is 12.1 Å². The second-order valence-electron chi connectivity index (χ2n) is 8.77. The Morgan fingerprint density at radius 1 is 0.793 bits per heavy atom. The molecule has 29 heavy (non-hydrogen) atoms. The predicted octanol–water partition coefficient (Wildman–Crippen LogP) is 5.58. The molecule has 0 N–H and O–H groups in total. The largest absolute Gasteiger partial charge is 0.463 e. The van der Waals surface area contributed by atoms with Gasteiger partial charge in [-0.05, 0) is 19.3 Å². The average molecular weight is 413 g/mol.